The van der Waals surface area contributed by atoms with E-state index in [-0.39, 0.29) is 17.5 Å². The first kappa shape index (κ1) is 22.1. The average molecular weight is 485 g/mol. The fourth-order valence-corrected chi connectivity index (χ4v) is 5.45. The lowest BCUT2D eigenvalue weighted by molar-refractivity contribution is -0.137. The number of carbonyl (C=O) groups excluding carboxylic acids is 2. The third-order valence-corrected chi connectivity index (χ3v) is 6.83. The van der Waals surface area contributed by atoms with Gasteiger partial charge in [-0.3, -0.25) is 14.0 Å². The Hall–Kier alpha value is -3.66. The molecule has 0 saturated heterocycles. The summed E-state index contributed by atoms with van der Waals surface area (Å²) >= 11 is 1.37. The third-order valence-electron chi connectivity index (χ3n) is 5.85. The van der Waals surface area contributed by atoms with Gasteiger partial charge in [0.2, 0.25) is 0 Å². The molecule has 0 saturated carbocycles. The molecule has 174 valence electrons. The third kappa shape index (κ3) is 3.94. The summed E-state index contributed by atoms with van der Waals surface area (Å²) in [7, 11) is 0. The highest BCUT2D eigenvalue weighted by molar-refractivity contribution is 7.10. The van der Waals surface area contributed by atoms with Crippen LogP contribution in [0.2, 0.25) is 0 Å². The van der Waals surface area contributed by atoms with Crippen LogP contribution >= 0.6 is 11.3 Å². The van der Waals surface area contributed by atoms with E-state index in [9.17, 15) is 22.8 Å². The number of thiophene rings is 1. The molecular weight excluding hydrogens is 465 g/mol. The second-order valence-electron chi connectivity index (χ2n) is 8.18. The summed E-state index contributed by atoms with van der Waals surface area (Å²) in [6, 6.07) is 10.1. The zero-order chi connectivity index (χ0) is 24.0. The Morgan fingerprint density at radius 2 is 2.00 bits per heavy atom. The van der Waals surface area contributed by atoms with Crippen molar-refractivity contribution >= 4 is 34.5 Å². The zero-order valence-electron chi connectivity index (χ0n) is 18.0. The van der Waals surface area contributed by atoms with Crippen LogP contribution in [0.3, 0.4) is 0 Å². The lowest BCUT2D eigenvalue weighted by Crippen LogP contribution is -2.38. The maximum atomic E-state index is 13.2. The van der Waals surface area contributed by atoms with E-state index in [0.29, 0.717) is 30.0 Å². The Labute approximate surface area is 196 Å². The van der Waals surface area contributed by atoms with Gasteiger partial charge in [-0.1, -0.05) is 19.1 Å². The molecule has 2 amide bonds. The van der Waals surface area contributed by atoms with Crippen molar-refractivity contribution in [1.29, 1.82) is 0 Å². The molecule has 0 bridgehead atoms. The van der Waals surface area contributed by atoms with Crippen LogP contribution in [0, 0.1) is 0 Å². The molecule has 1 aliphatic rings. The van der Waals surface area contributed by atoms with Gasteiger partial charge in [0.25, 0.3) is 11.8 Å². The lowest BCUT2D eigenvalue weighted by atomic mass is 9.93. The van der Waals surface area contributed by atoms with Crippen LogP contribution < -0.4 is 5.32 Å². The normalized spacial score (nSPS) is 15.9. The smallest absolute Gasteiger partial charge is 0.332 e. The summed E-state index contributed by atoms with van der Waals surface area (Å²) < 4.78 is 40.7. The summed E-state index contributed by atoms with van der Waals surface area (Å²) in [6.07, 6.45) is -1.15. The van der Waals surface area contributed by atoms with Crippen molar-refractivity contribution in [2.24, 2.45) is 0 Å². The fourth-order valence-electron chi connectivity index (χ4n) is 4.28. The zero-order valence-corrected chi connectivity index (χ0v) is 18.8. The largest absolute Gasteiger partial charge is 0.416 e. The lowest BCUT2D eigenvalue weighted by Gasteiger charge is -2.31. The molecule has 1 N–H and O–H groups in total. The molecule has 1 unspecified atom stereocenters. The highest BCUT2D eigenvalue weighted by Crippen LogP contribution is 2.37. The maximum Gasteiger partial charge on any atom is 0.416 e. The van der Waals surface area contributed by atoms with Gasteiger partial charge in [0.05, 0.1) is 23.9 Å². The van der Waals surface area contributed by atoms with Gasteiger partial charge in [-0.25, -0.2) is 4.98 Å². The number of hydrogen-bond donors (Lipinski definition) is 1. The quantitative estimate of drug-likeness (QED) is 0.422. The Kier molecular flexibility index (Phi) is 5.40. The van der Waals surface area contributed by atoms with Gasteiger partial charge < -0.3 is 10.2 Å². The molecular formula is C24H19F3N4O2S. The first-order valence-corrected chi connectivity index (χ1v) is 11.4. The molecule has 1 aromatic carbocycles. The van der Waals surface area contributed by atoms with Crippen molar-refractivity contribution in [2.75, 3.05) is 11.9 Å². The Morgan fingerprint density at radius 3 is 2.79 bits per heavy atom. The van der Waals surface area contributed by atoms with E-state index in [1.165, 1.54) is 23.5 Å². The van der Waals surface area contributed by atoms with Gasteiger partial charge >= 0.3 is 6.18 Å². The van der Waals surface area contributed by atoms with E-state index in [1.54, 1.807) is 27.1 Å². The topological polar surface area (TPSA) is 66.7 Å². The van der Waals surface area contributed by atoms with Crippen LogP contribution in [0.5, 0.6) is 0 Å². The Bertz CT molecular complexity index is 1410. The molecule has 0 spiro atoms. The molecule has 5 rings (SSSR count). The van der Waals surface area contributed by atoms with E-state index < -0.39 is 17.6 Å². The number of hydrogen-bond acceptors (Lipinski definition) is 4. The maximum absolute atomic E-state index is 13.2. The minimum Gasteiger partial charge on any atom is -0.332 e. The highest BCUT2D eigenvalue weighted by atomic mass is 32.1. The van der Waals surface area contributed by atoms with E-state index in [0.717, 1.165) is 22.6 Å². The number of nitrogens with zero attached hydrogens (tertiary/aromatic N) is 3. The number of halogens is 3. The first-order chi connectivity index (χ1) is 16.2. The van der Waals surface area contributed by atoms with E-state index >= 15 is 0 Å². The standard InChI is InChI=1S/C24H19F3N4O2S/c1-14-11-30(23(33)18-10-28-20-7-2-3-8-31(18)20)12-19-21(14)17(13-34-19)22(32)29-16-6-4-5-15(9-16)24(25,26)27/h2-10,13-14H,11-12H2,1H3,(H,29,32). The van der Waals surface area contributed by atoms with E-state index in [4.69, 9.17) is 0 Å². The van der Waals surface area contributed by atoms with E-state index in [2.05, 4.69) is 10.3 Å². The van der Waals surface area contributed by atoms with Crippen molar-refractivity contribution < 1.29 is 22.8 Å². The number of imidazole rings is 1. The van der Waals surface area contributed by atoms with Gasteiger partial charge in [-0.15, -0.1) is 11.3 Å². The van der Waals surface area contributed by atoms with Gasteiger partial charge in [-0.05, 0) is 35.9 Å². The molecule has 4 aromatic rings. The van der Waals surface area contributed by atoms with Crippen LogP contribution in [0.4, 0.5) is 18.9 Å². The van der Waals surface area contributed by atoms with Crippen molar-refractivity contribution in [1.82, 2.24) is 14.3 Å². The van der Waals surface area contributed by atoms with Crippen LogP contribution in [0.25, 0.3) is 5.65 Å². The van der Waals surface area contributed by atoms with Gasteiger partial charge in [0.1, 0.15) is 11.3 Å². The molecule has 10 heteroatoms. The van der Waals surface area contributed by atoms with Crippen LogP contribution in [0.15, 0.2) is 60.2 Å². The summed E-state index contributed by atoms with van der Waals surface area (Å²) in [6.45, 7) is 2.69. The number of fused-ring (bicyclic) bond motifs is 2. The van der Waals surface area contributed by atoms with Crippen LogP contribution in [0.1, 0.15) is 49.7 Å². The minimum absolute atomic E-state index is 0.0765. The second-order valence-corrected chi connectivity index (χ2v) is 9.14. The first-order valence-electron chi connectivity index (χ1n) is 10.5. The van der Waals surface area contributed by atoms with E-state index in [1.807, 2.05) is 25.1 Å². The predicted octanol–water partition coefficient (Wildman–Crippen LogP) is 5.43. The number of benzene rings is 1. The molecule has 6 nitrogen and oxygen atoms in total. The fraction of sp³-hybridized carbons (Fsp3) is 0.208. The molecule has 34 heavy (non-hydrogen) atoms. The number of nitrogens with one attached hydrogen (secondary N) is 1. The Morgan fingerprint density at radius 1 is 1.18 bits per heavy atom. The summed E-state index contributed by atoms with van der Waals surface area (Å²) in [5.41, 5.74) is 1.65. The summed E-state index contributed by atoms with van der Waals surface area (Å²) in [5.74, 6) is -0.745. The highest BCUT2D eigenvalue weighted by Gasteiger charge is 2.33. The number of aromatic nitrogens is 2. The molecule has 1 aliphatic heterocycles. The van der Waals surface area contributed by atoms with Crippen molar-refractivity contribution in [3.05, 3.63) is 87.5 Å². The predicted molar refractivity (Wildman–Crippen MR) is 122 cm³/mol. The number of alkyl halides is 3. The molecule has 4 heterocycles. The summed E-state index contributed by atoms with van der Waals surface area (Å²) in [5, 5.41) is 4.28. The van der Waals surface area contributed by atoms with Crippen molar-refractivity contribution in [3.8, 4) is 0 Å². The number of amides is 2. The SMILES string of the molecule is CC1CN(C(=O)c2cnc3ccccn23)Cc2scc(C(=O)Nc3cccc(C(F)(F)F)c3)c21. The number of rotatable bonds is 3. The summed E-state index contributed by atoms with van der Waals surface area (Å²) in [4.78, 5) is 33.0. The van der Waals surface area contributed by atoms with Crippen molar-refractivity contribution in [3.63, 3.8) is 0 Å². The molecule has 1 atom stereocenters. The number of pyridine rings is 1. The Balaban J connectivity index is 1.37. The van der Waals surface area contributed by atoms with Crippen LogP contribution in [-0.2, 0) is 12.7 Å². The number of carbonyl (C=O) groups is 2. The van der Waals surface area contributed by atoms with Crippen molar-refractivity contribution in [2.45, 2.75) is 25.6 Å². The molecule has 0 radical (unpaired) electrons. The molecule has 3 aromatic heterocycles. The van der Waals surface area contributed by atoms with Gasteiger partial charge in [-0.2, -0.15) is 13.2 Å². The molecule has 0 fully saturated rings. The molecule has 0 aliphatic carbocycles. The number of anilines is 1. The van der Waals surface area contributed by atoms with Crippen LogP contribution in [-0.4, -0.2) is 32.6 Å². The average Bonchev–Trinajstić information content (AvgIpc) is 3.43. The minimum atomic E-state index is -4.49. The van der Waals surface area contributed by atoms with Gasteiger partial charge in [0.15, 0.2) is 0 Å². The van der Waals surface area contributed by atoms with Gasteiger partial charge in [0, 0.05) is 34.6 Å². The second kappa shape index (κ2) is 8.28. The monoisotopic (exact) mass is 484 g/mol.